The van der Waals surface area contributed by atoms with Gasteiger partial charge in [-0.05, 0) is 72.1 Å². The number of benzene rings is 2. The van der Waals surface area contributed by atoms with E-state index in [1.807, 2.05) is 43.3 Å². The van der Waals surface area contributed by atoms with Crippen molar-refractivity contribution in [3.8, 4) is 22.3 Å². The molecule has 3 aromatic heterocycles. The molecule has 0 radical (unpaired) electrons. The standard InChI is InChI=1S/C26H20N4O2S/c1-18-24(16-21(17-29-18)30-33(31,32)22-5-3-2-4-6-22)20-7-8-26-25(15-20)23(11-14-28-26)19-9-12-27-13-10-19/h2-17,30H,1H3. The Morgan fingerprint density at radius 3 is 2.33 bits per heavy atom. The molecule has 0 bridgehead atoms. The maximum absolute atomic E-state index is 12.8. The van der Waals surface area contributed by atoms with Crippen LogP contribution in [0.5, 0.6) is 0 Å². The van der Waals surface area contributed by atoms with Gasteiger partial charge in [-0.25, -0.2) is 8.42 Å². The van der Waals surface area contributed by atoms with Gasteiger partial charge in [0.05, 0.1) is 22.3 Å². The summed E-state index contributed by atoms with van der Waals surface area (Å²) in [6.07, 6.45) is 6.86. The Morgan fingerprint density at radius 1 is 0.758 bits per heavy atom. The summed E-state index contributed by atoms with van der Waals surface area (Å²) in [7, 11) is -3.71. The van der Waals surface area contributed by atoms with E-state index >= 15 is 0 Å². The van der Waals surface area contributed by atoms with Crippen molar-refractivity contribution in [2.24, 2.45) is 0 Å². The fraction of sp³-hybridized carbons (Fsp3) is 0.0385. The molecule has 0 fully saturated rings. The van der Waals surface area contributed by atoms with Crippen LogP contribution in [0.25, 0.3) is 33.2 Å². The lowest BCUT2D eigenvalue weighted by atomic mass is 9.97. The maximum atomic E-state index is 12.8. The molecule has 5 aromatic rings. The summed E-state index contributed by atoms with van der Waals surface area (Å²) in [5.74, 6) is 0. The molecule has 3 heterocycles. The van der Waals surface area contributed by atoms with Crippen molar-refractivity contribution in [3.05, 3.63) is 103 Å². The minimum absolute atomic E-state index is 0.200. The van der Waals surface area contributed by atoms with Crippen molar-refractivity contribution < 1.29 is 8.42 Å². The number of aryl methyl sites for hydroxylation is 1. The fourth-order valence-corrected chi connectivity index (χ4v) is 4.85. The van der Waals surface area contributed by atoms with Crippen molar-refractivity contribution in [2.45, 2.75) is 11.8 Å². The van der Waals surface area contributed by atoms with Crippen molar-refractivity contribution in [1.82, 2.24) is 15.0 Å². The van der Waals surface area contributed by atoms with Crippen LogP contribution < -0.4 is 4.72 Å². The zero-order valence-corrected chi connectivity index (χ0v) is 18.6. The van der Waals surface area contributed by atoms with E-state index in [1.54, 1.807) is 48.9 Å². The molecule has 0 atom stereocenters. The van der Waals surface area contributed by atoms with E-state index < -0.39 is 10.0 Å². The lowest BCUT2D eigenvalue weighted by Crippen LogP contribution is -2.13. The minimum Gasteiger partial charge on any atom is -0.278 e. The molecule has 6 nitrogen and oxygen atoms in total. The molecule has 0 saturated carbocycles. The SMILES string of the molecule is Cc1ncc(NS(=O)(=O)c2ccccc2)cc1-c1ccc2nccc(-c3ccncc3)c2c1. The highest BCUT2D eigenvalue weighted by molar-refractivity contribution is 7.92. The van der Waals surface area contributed by atoms with Crippen molar-refractivity contribution in [3.63, 3.8) is 0 Å². The number of aromatic nitrogens is 3. The van der Waals surface area contributed by atoms with Crippen LogP contribution in [0.4, 0.5) is 5.69 Å². The first-order valence-corrected chi connectivity index (χ1v) is 11.8. The van der Waals surface area contributed by atoms with E-state index in [4.69, 9.17) is 0 Å². The monoisotopic (exact) mass is 452 g/mol. The van der Waals surface area contributed by atoms with Gasteiger partial charge in [-0.1, -0.05) is 24.3 Å². The predicted octanol–water partition coefficient (Wildman–Crippen LogP) is 5.47. The van der Waals surface area contributed by atoms with Gasteiger partial charge >= 0.3 is 0 Å². The summed E-state index contributed by atoms with van der Waals surface area (Å²) < 4.78 is 28.2. The third-order valence-electron chi connectivity index (χ3n) is 5.44. The Kier molecular flexibility index (Phi) is 5.32. The number of hydrogen-bond acceptors (Lipinski definition) is 5. The number of nitrogens with one attached hydrogen (secondary N) is 1. The third-order valence-corrected chi connectivity index (χ3v) is 6.83. The molecule has 0 unspecified atom stereocenters. The summed E-state index contributed by atoms with van der Waals surface area (Å²) in [4.78, 5) is 13.3. The first-order valence-electron chi connectivity index (χ1n) is 10.4. The average Bonchev–Trinajstić information content (AvgIpc) is 2.85. The van der Waals surface area contributed by atoms with Gasteiger partial charge in [0.15, 0.2) is 0 Å². The Labute approximate surface area is 192 Å². The van der Waals surface area contributed by atoms with Gasteiger partial charge in [0.2, 0.25) is 0 Å². The van der Waals surface area contributed by atoms with E-state index in [9.17, 15) is 8.42 Å². The van der Waals surface area contributed by atoms with Crippen molar-refractivity contribution in [2.75, 3.05) is 4.72 Å². The number of anilines is 1. The Balaban J connectivity index is 1.58. The first kappa shape index (κ1) is 20.8. The van der Waals surface area contributed by atoms with Gasteiger partial charge in [-0.3, -0.25) is 19.7 Å². The number of fused-ring (bicyclic) bond motifs is 1. The van der Waals surface area contributed by atoms with E-state index in [0.717, 1.165) is 38.9 Å². The second-order valence-electron chi connectivity index (χ2n) is 7.60. The van der Waals surface area contributed by atoms with E-state index in [-0.39, 0.29) is 4.90 Å². The van der Waals surface area contributed by atoms with E-state index in [1.165, 1.54) is 6.20 Å². The van der Waals surface area contributed by atoms with Gasteiger partial charge in [0, 0.05) is 35.2 Å². The summed E-state index contributed by atoms with van der Waals surface area (Å²) in [5, 5.41) is 0.996. The van der Waals surface area contributed by atoms with Gasteiger partial charge in [-0.2, -0.15) is 0 Å². The number of rotatable bonds is 5. The van der Waals surface area contributed by atoms with Gasteiger partial charge in [0.25, 0.3) is 10.0 Å². The molecule has 1 N–H and O–H groups in total. The van der Waals surface area contributed by atoms with E-state index in [2.05, 4.69) is 25.7 Å². The quantitative estimate of drug-likeness (QED) is 0.382. The molecule has 0 spiro atoms. The van der Waals surface area contributed by atoms with E-state index in [0.29, 0.717) is 5.69 Å². The van der Waals surface area contributed by atoms with Crippen LogP contribution in [0.3, 0.4) is 0 Å². The summed E-state index contributed by atoms with van der Waals surface area (Å²) >= 11 is 0. The highest BCUT2D eigenvalue weighted by Crippen LogP contribution is 2.33. The molecule has 5 rings (SSSR count). The van der Waals surface area contributed by atoms with Crippen molar-refractivity contribution >= 4 is 26.6 Å². The molecule has 33 heavy (non-hydrogen) atoms. The Morgan fingerprint density at radius 2 is 1.55 bits per heavy atom. The van der Waals surface area contributed by atoms with Crippen LogP contribution in [0, 0.1) is 6.92 Å². The second kappa shape index (κ2) is 8.44. The third kappa shape index (κ3) is 4.18. The number of pyridine rings is 3. The van der Waals surface area contributed by atoms with Crippen LogP contribution in [0.1, 0.15) is 5.69 Å². The zero-order chi connectivity index (χ0) is 22.8. The van der Waals surface area contributed by atoms with Crippen LogP contribution >= 0.6 is 0 Å². The molecule has 0 aliphatic rings. The van der Waals surface area contributed by atoms with Crippen LogP contribution in [-0.4, -0.2) is 23.4 Å². The smallest absolute Gasteiger partial charge is 0.261 e. The predicted molar refractivity (Wildman–Crippen MR) is 130 cm³/mol. The number of nitrogens with zero attached hydrogens (tertiary/aromatic N) is 3. The summed E-state index contributed by atoms with van der Waals surface area (Å²) in [5.41, 5.74) is 5.95. The van der Waals surface area contributed by atoms with Gasteiger partial charge < -0.3 is 0 Å². The molecule has 0 saturated heterocycles. The lowest BCUT2D eigenvalue weighted by molar-refractivity contribution is 0.601. The Bertz CT molecular complexity index is 1550. The molecule has 2 aromatic carbocycles. The molecule has 0 amide bonds. The van der Waals surface area contributed by atoms with Crippen LogP contribution in [0.2, 0.25) is 0 Å². The first-order chi connectivity index (χ1) is 16.0. The summed E-state index contributed by atoms with van der Waals surface area (Å²) in [6.45, 7) is 1.90. The van der Waals surface area contributed by atoms with Crippen LogP contribution in [0.15, 0.2) is 102 Å². The molecular weight excluding hydrogens is 432 g/mol. The van der Waals surface area contributed by atoms with Crippen molar-refractivity contribution in [1.29, 1.82) is 0 Å². The zero-order valence-electron chi connectivity index (χ0n) is 17.8. The topological polar surface area (TPSA) is 84.8 Å². The number of hydrogen-bond donors (Lipinski definition) is 1. The van der Waals surface area contributed by atoms with Crippen LogP contribution in [-0.2, 0) is 10.0 Å². The number of sulfonamides is 1. The molecule has 7 heteroatoms. The Hall–Kier alpha value is -4.10. The fourth-order valence-electron chi connectivity index (χ4n) is 3.79. The average molecular weight is 453 g/mol. The highest BCUT2D eigenvalue weighted by atomic mass is 32.2. The summed E-state index contributed by atoms with van der Waals surface area (Å²) in [6, 6.07) is 22.0. The molecular formula is C26H20N4O2S. The lowest BCUT2D eigenvalue weighted by Gasteiger charge is -2.13. The van der Waals surface area contributed by atoms with Gasteiger partial charge in [-0.15, -0.1) is 0 Å². The molecule has 0 aliphatic carbocycles. The largest absolute Gasteiger partial charge is 0.278 e. The maximum Gasteiger partial charge on any atom is 0.261 e. The minimum atomic E-state index is -3.71. The normalized spacial score (nSPS) is 11.4. The second-order valence-corrected chi connectivity index (χ2v) is 9.28. The highest BCUT2D eigenvalue weighted by Gasteiger charge is 2.15. The van der Waals surface area contributed by atoms with Gasteiger partial charge in [0.1, 0.15) is 0 Å². The molecule has 0 aliphatic heterocycles. The molecule has 162 valence electrons.